The maximum Gasteiger partial charge on any atom is 0.320 e. The number of hydrogen-bond donors (Lipinski definition) is 1. The summed E-state index contributed by atoms with van der Waals surface area (Å²) in [6, 6.07) is 6.10. The summed E-state index contributed by atoms with van der Waals surface area (Å²) >= 11 is 0. The summed E-state index contributed by atoms with van der Waals surface area (Å²) in [4.78, 5) is 48.5. The molecule has 1 aromatic rings. The Morgan fingerprint density at radius 3 is 2.69 bits per heavy atom. The highest BCUT2D eigenvalue weighted by Crippen LogP contribution is 2.38. The van der Waals surface area contributed by atoms with Gasteiger partial charge < -0.3 is 20.0 Å². The number of rotatable bonds is 3. The standard InChI is InChI=1S/C24H33N5O3/c30-22-6-3-5-21-19-12-17(15-29(21)22)14-28(16-19)24(32)27-10-7-18(8-11-27)23(31)26-13-20-4-1-2-9-25-20/h1-2,4,9,17-19,21H,3,5-8,10-16H2,(H,26,31)/t17?,19?,21-/m1/s1. The molecule has 5 heterocycles. The van der Waals surface area contributed by atoms with Gasteiger partial charge in [-0.25, -0.2) is 4.79 Å². The molecule has 4 aliphatic rings. The number of likely N-dealkylation sites (tertiary alicyclic amines) is 2. The summed E-state index contributed by atoms with van der Waals surface area (Å²) in [6.45, 7) is 4.00. The lowest BCUT2D eigenvalue weighted by Gasteiger charge is -2.53. The van der Waals surface area contributed by atoms with E-state index in [1.807, 2.05) is 28.0 Å². The summed E-state index contributed by atoms with van der Waals surface area (Å²) < 4.78 is 0. The largest absolute Gasteiger partial charge is 0.350 e. The van der Waals surface area contributed by atoms with E-state index < -0.39 is 0 Å². The second kappa shape index (κ2) is 9.08. The lowest BCUT2D eigenvalue weighted by molar-refractivity contribution is -0.144. The van der Waals surface area contributed by atoms with Gasteiger partial charge in [-0.3, -0.25) is 14.6 Å². The van der Waals surface area contributed by atoms with Crippen LogP contribution in [0.5, 0.6) is 0 Å². The Morgan fingerprint density at radius 2 is 1.91 bits per heavy atom. The summed E-state index contributed by atoms with van der Waals surface area (Å²) in [7, 11) is 0. The van der Waals surface area contributed by atoms with Crippen molar-refractivity contribution in [2.24, 2.45) is 17.8 Å². The normalized spacial score (nSPS) is 28.3. The molecule has 4 amide bonds. The number of amides is 4. The number of fused-ring (bicyclic) bond motifs is 4. The van der Waals surface area contributed by atoms with Crippen molar-refractivity contribution in [2.45, 2.75) is 51.1 Å². The average molecular weight is 440 g/mol. The fourth-order valence-corrected chi connectivity index (χ4v) is 6.12. The highest BCUT2D eigenvalue weighted by Gasteiger charge is 2.45. The number of carbonyl (C=O) groups excluding carboxylic acids is 3. The maximum absolute atomic E-state index is 13.3. The number of urea groups is 1. The highest BCUT2D eigenvalue weighted by atomic mass is 16.2. The second-order valence-electron chi connectivity index (χ2n) is 9.86. The molecule has 0 saturated carbocycles. The second-order valence-corrected chi connectivity index (χ2v) is 9.86. The number of aromatic nitrogens is 1. The molecule has 32 heavy (non-hydrogen) atoms. The van der Waals surface area contributed by atoms with Crippen molar-refractivity contribution in [1.29, 1.82) is 0 Å². The zero-order valence-electron chi connectivity index (χ0n) is 18.6. The van der Waals surface area contributed by atoms with Gasteiger partial charge in [0.15, 0.2) is 0 Å². The van der Waals surface area contributed by atoms with Gasteiger partial charge in [0.25, 0.3) is 0 Å². The number of hydrogen-bond acceptors (Lipinski definition) is 4. The van der Waals surface area contributed by atoms with Gasteiger partial charge in [0, 0.05) is 57.3 Å². The van der Waals surface area contributed by atoms with Crippen molar-refractivity contribution in [2.75, 3.05) is 32.7 Å². The average Bonchev–Trinajstić information content (AvgIpc) is 2.83. The molecule has 172 valence electrons. The maximum atomic E-state index is 13.3. The predicted octanol–water partition coefficient (Wildman–Crippen LogP) is 1.86. The van der Waals surface area contributed by atoms with Gasteiger partial charge in [-0.15, -0.1) is 0 Å². The smallest absolute Gasteiger partial charge is 0.320 e. The Kier molecular flexibility index (Phi) is 6.02. The van der Waals surface area contributed by atoms with Gasteiger partial charge in [0.2, 0.25) is 11.8 Å². The number of nitrogens with zero attached hydrogens (tertiary/aromatic N) is 4. The van der Waals surface area contributed by atoms with Crippen molar-refractivity contribution in [3.63, 3.8) is 0 Å². The third kappa shape index (κ3) is 4.32. The monoisotopic (exact) mass is 439 g/mol. The van der Waals surface area contributed by atoms with E-state index >= 15 is 0 Å². The first-order valence-electron chi connectivity index (χ1n) is 12.1. The van der Waals surface area contributed by atoms with E-state index in [1.165, 1.54) is 0 Å². The van der Waals surface area contributed by atoms with Gasteiger partial charge in [-0.1, -0.05) is 6.07 Å². The van der Waals surface area contributed by atoms with Crippen LogP contribution in [0.4, 0.5) is 4.79 Å². The van der Waals surface area contributed by atoms with Crippen LogP contribution in [0.2, 0.25) is 0 Å². The molecule has 4 aliphatic heterocycles. The fraction of sp³-hybridized carbons (Fsp3) is 0.667. The highest BCUT2D eigenvalue weighted by molar-refractivity contribution is 5.80. The molecule has 4 fully saturated rings. The van der Waals surface area contributed by atoms with Crippen LogP contribution in [0.3, 0.4) is 0 Å². The first-order valence-corrected chi connectivity index (χ1v) is 12.1. The van der Waals surface area contributed by atoms with Crippen LogP contribution < -0.4 is 5.32 Å². The molecule has 0 spiro atoms. The van der Waals surface area contributed by atoms with Gasteiger partial charge in [-0.05, 0) is 56.1 Å². The van der Waals surface area contributed by atoms with Crippen molar-refractivity contribution in [1.82, 2.24) is 25.0 Å². The summed E-state index contributed by atoms with van der Waals surface area (Å²) in [5.74, 6) is 1.11. The summed E-state index contributed by atoms with van der Waals surface area (Å²) in [5.41, 5.74) is 0.849. The minimum atomic E-state index is -0.0506. The van der Waals surface area contributed by atoms with Crippen molar-refractivity contribution < 1.29 is 14.4 Å². The predicted molar refractivity (Wildman–Crippen MR) is 118 cm³/mol. The molecule has 1 aromatic heterocycles. The molecule has 8 nitrogen and oxygen atoms in total. The van der Waals surface area contributed by atoms with Crippen molar-refractivity contribution in [3.8, 4) is 0 Å². The fourth-order valence-electron chi connectivity index (χ4n) is 6.12. The van der Waals surface area contributed by atoms with E-state index in [-0.39, 0.29) is 17.9 Å². The molecule has 1 N–H and O–H groups in total. The number of pyridine rings is 1. The molecule has 3 atom stereocenters. The topological polar surface area (TPSA) is 85.9 Å². The van der Waals surface area contributed by atoms with E-state index in [9.17, 15) is 14.4 Å². The third-order valence-electron chi connectivity index (χ3n) is 7.76. The molecule has 2 unspecified atom stereocenters. The van der Waals surface area contributed by atoms with Gasteiger partial charge in [0.1, 0.15) is 0 Å². The van der Waals surface area contributed by atoms with Crippen LogP contribution in [-0.4, -0.2) is 76.3 Å². The summed E-state index contributed by atoms with van der Waals surface area (Å²) in [6.07, 6.45) is 7.00. The van der Waals surface area contributed by atoms with E-state index in [1.54, 1.807) is 6.20 Å². The lowest BCUT2D eigenvalue weighted by atomic mass is 9.76. The van der Waals surface area contributed by atoms with Crippen LogP contribution >= 0.6 is 0 Å². The van der Waals surface area contributed by atoms with Crippen molar-refractivity contribution in [3.05, 3.63) is 30.1 Å². The first kappa shape index (κ1) is 21.2. The van der Waals surface area contributed by atoms with Gasteiger partial charge in [0.05, 0.1) is 12.2 Å². The van der Waals surface area contributed by atoms with E-state index in [0.717, 1.165) is 44.6 Å². The van der Waals surface area contributed by atoms with E-state index in [0.29, 0.717) is 62.7 Å². The minimum absolute atomic E-state index is 0.0506. The third-order valence-corrected chi connectivity index (χ3v) is 7.76. The van der Waals surface area contributed by atoms with Gasteiger partial charge >= 0.3 is 6.03 Å². The van der Waals surface area contributed by atoms with Crippen LogP contribution in [0.1, 0.15) is 44.2 Å². The van der Waals surface area contributed by atoms with Gasteiger partial charge in [-0.2, -0.15) is 0 Å². The zero-order chi connectivity index (χ0) is 22.1. The molecular weight excluding hydrogens is 406 g/mol. The molecule has 0 radical (unpaired) electrons. The lowest BCUT2D eigenvalue weighted by Crippen LogP contribution is -2.62. The molecular formula is C24H33N5O3. The molecule has 4 saturated heterocycles. The summed E-state index contributed by atoms with van der Waals surface area (Å²) in [5, 5.41) is 2.99. The Bertz CT molecular complexity index is 854. The molecule has 0 aromatic carbocycles. The minimum Gasteiger partial charge on any atom is -0.350 e. The van der Waals surface area contributed by atoms with E-state index in [4.69, 9.17) is 0 Å². The SMILES string of the molecule is O=C(NCc1ccccn1)C1CCN(C(=O)N2CC3CC(C2)[C@H]2CCCC(=O)N2C3)CC1. The van der Waals surface area contributed by atoms with Crippen LogP contribution in [0, 0.1) is 17.8 Å². The first-order chi connectivity index (χ1) is 15.6. The number of nitrogens with one attached hydrogen (secondary N) is 1. The van der Waals surface area contributed by atoms with Crippen LogP contribution in [-0.2, 0) is 16.1 Å². The quantitative estimate of drug-likeness (QED) is 0.779. The number of piperidine rings is 4. The molecule has 8 heteroatoms. The molecule has 0 aliphatic carbocycles. The Hall–Kier alpha value is -2.64. The van der Waals surface area contributed by atoms with Crippen LogP contribution in [0.15, 0.2) is 24.4 Å². The Labute approximate surface area is 189 Å². The van der Waals surface area contributed by atoms with Crippen molar-refractivity contribution >= 4 is 17.8 Å². The Morgan fingerprint density at radius 1 is 1.06 bits per heavy atom. The molecule has 2 bridgehead atoms. The number of carbonyl (C=O) groups is 3. The Balaban J connectivity index is 1.12. The van der Waals surface area contributed by atoms with E-state index in [2.05, 4.69) is 15.2 Å². The molecule has 5 rings (SSSR count). The van der Waals surface area contributed by atoms with Crippen LogP contribution in [0.25, 0.3) is 0 Å². The zero-order valence-corrected chi connectivity index (χ0v) is 18.6.